The second-order valence-electron chi connectivity index (χ2n) is 5.44. The zero-order valence-electron chi connectivity index (χ0n) is 13.1. The van der Waals surface area contributed by atoms with E-state index < -0.39 is 35.7 Å². The first-order valence-electron chi connectivity index (χ1n) is 7.38. The van der Waals surface area contributed by atoms with Crippen LogP contribution in [0.1, 0.15) is 12.0 Å². The van der Waals surface area contributed by atoms with Gasteiger partial charge < -0.3 is 19.6 Å². The third kappa shape index (κ3) is 3.76. The third-order valence-electron chi connectivity index (χ3n) is 3.64. The average molecular weight is 352 g/mol. The lowest BCUT2D eigenvalue weighted by molar-refractivity contribution is -0.139. The van der Waals surface area contributed by atoms with Gasteiger partial charge in [0.15, 0.2) is 0 Å². The number of rotatable bonds is 4. The van der Waals surface area contributed by atoms with Crippen molar-refractivity contribution in [2.45, 2.75) is 18.6 Å². The summed E-state index contributed by atoms with van der Waals surface area (Å²) in [6.07, 6.45) is 0.565. The maximum absolute atomic E-state index is 13.3. The lowest BCUT2D eigenvalue weighted by atomic mass is 10.0. The summed E-state index contributed by atoms with van der Waals surface area (Å²) in [7, 11) is 1.22. The van der Waals surface area contributed by atoms with Gasteiger partial charge in [0.2, 0.25) is 11.9 Å². The Morgan fingerprint density at radius 2 is 2.00 bits per heavy atom. The molecule has 2 unspecified atom stereocenters. The molecule has 0 spiro atoms. The van der Waals surface area contributed by atoms with E-state index in [4.69, 9.17) is 9.57 Å². The zero-order chi connectivity index (χ0) is 18.0. The van der Waals surface area contributed by atoms with Gasteiger partial charge in [-0.1, -0.05) is 5.16 Å². The molecule has 0 saturated carbocycles. The number of hydrogen-bond acceptors (Lipinski definition) is 6. The molecule has 2 atom stereocenters. The van der Waals surface area contributed by atoms with Gasteiger partial charge in [0, 0.05) is 18.1 Å². The molecule has 2 heterocycles. The highest BCUT2D eigenvalue weighted by molar-refractivity contribution is 6.04. The maximum Gasteiger partial charge on any atom is 0.373 e. The molecule has 0 saturated heterocycles. The van der Waals surface area contributed by atoms with Gasteiger partial charge in [-0.2, -0.15) is 0 Å². The number of methoxy groups -OCH3 is 1. The van der Waals surface area contributed by atoms with Crippen LogP contribution < -0.4 is 5.32 Å². The Kier molecular flexibility index (Phi) is 4.64. The second kappa shape index (κ2) is 6.88. The lowest BCUT2D eigenvalue weighted by Gasteiger charge is -2.12. The lowest BCUT2D eigenvalue weighted by Crippen LogP contribution is -2.41. The minimum Gasteiger partial charge on any atom is -0.484 e. The van der Waals surface area contributed by atoms with Crippen molar-refractivity contribution < 1.29 is 32.7 Å². The highest BCUT2D eigenvalue weighted by atomic mass is 19.1. The van der Waals surface area contributed by atoms with E-state index >= 15 is 0 Å². The van der Waals surface area contributed by atoms with Crippen molar-refractivity contribution in [1.29, 1.82) is 0 Å². The van der Waals surface area contributed by atoms with Crippen molar-refractivity contribution in [2.24, 2.45) is 5.16 Å². The molecular formula is C16H14F2N2O5. The second-order valence-corrected chi connectivity index (χ2v) is 5.44. The van der Waals surface area contributed by atoms with Crippen molar-refractivity contribution in [3.8, 4) is 0 Å². The van der Waals surface area contributed by atoms with E-state index in [1.165, 1.54) is 13.2 Å². The van der Waals surface area contributed by atoms with Gasteiger partial charge in [-0.05, 0) is 18.2 Å². The molecule has 1 amide bonds. The Balaban J connectivity index is 1.59. The number of amides is 1. The van der Waals surface area contributed by atoms with Crippen LogP contribution in [0.15, 0.2) is 35.2 Å². The summed E-state index contributed by atoms with van der Waals surface area (Å²) in [6.45, 7) is 0.0890. The van der Waals surface area contributed by atoms with Gasteiger partial charge in [0.1, 0.15) is 18.2 Å². The van der Waals surface area contributed by atoms with Crippen LogP contribution in [0.2, 0.25) is 0 Å². The summed E-state index contributed by atoms with van der Waals surface area (Å²) >= 11 is 0. The molecule has 0 aromatic heterocycles. The van der Waals surface area contributed by atoms with Crippen molar-refractivity contribution in [3.05, 3.63) is 47.2 Å². The Morgan fingerprint density at radius 3 is 2.68 bits per heavy atom. The Labute approximate surface area is 141 Å². The van der Waals surface area contributed by atoms with Crippen molar-refractivity contribution in [1.82, 2.24) is 5.32 Å². The van der Waals surface area contributed by atoms with Crippen LogP contribution in [-0.4, -0.2) is 43.5 Å². The average Bonchev–Trinajstić information content (AvgIpc) is 3.22. The van der Waals surface area contributed by atoms with Crippen molar-refractivity contribution in [2.75, 3.05) is 13.7 Å². The van der Waals surface area contributed by atoms with Gasteiger partial charge in [0.25, 0.3) is 5.91 Å². The van der Waals surface area contributed by atoms with Crippen molar-refractivity contribution in [3.63, 3.8) is 0 Å². The summed E-state index contributed by atoms with van der Waals surface area (Å²) in [6, 6.07) is 2.46. The van der Waals surface area contributed by atoms with Gasteiger partial charge in [0.05, 0.1) is 18.9 Å². The summed E-state index contributed by atoms with van der Waals surface area (Å²) < 4.78 is 36.2. The quantitative estimate of drug-likeness (QED) is 0.818. The number of carbonyl (C=O) groups is 2. The van der Waals surface area contributed by atoms with Crippen LogP contribution >= 0.6 is 0 Å². The number of ether oxygens (including phenoxy) is 2. The highest BCUT2D eigenvalue weighted by Gasteiger charge is 2.32. The Morgan fingerprint density at radius 1 is 1.28 bits per heavy atom. The van der Waals surface area contributed by atoms with Gasteiger partial charge in [-0.3, -0.25) is 4.79 Å². The fourth-order valence-electron chi connectivity index (χ4n) is 2.45. The third-order valence-corrected chi connectivity index (χ3v) is 3.64. The number of carbonyl (C=O) groups excluding carboxylic acids is 2. The van der Waals surface area contributed by atoms with E-state index in [9.17, 15) is 18.4 Å². The minimum absolute atomic E-state index is 0.0207. The molecule has 132 valence electrons. The van der Waals surface area contributed by atoms with Crippen molar-refractivity contribution >= 4 is 17.6 Å². The molecule has 9 heteroatoms. The van der Waals surface area contributed by atoms with Crippen LogP contribution in [0.5, 0.6) is 0 Å². The van der Waals surface area contributed by atoms with Crippen LogP contribution in [-0.2, 0) is 23.9 Å². The zero-order valence-corrected chi connectivity index (χ0v) is 13.1. The number of halogens is 2. The SMILES string of the molecule is COC(=O)C1=CC(NC(=O)C2CC(c3cc(F)cc(F)c3)=NO2)CO1. The van der Waals surface area contributed by atoms with E-state index in [1.54, 1.807) is 0 Å². The molecule has 0 radical (unpaired) electrons. The number of hydrogen-bond donors (Lipinski definition) is 1. The molecule has 25 heavy (non-hydrogen) atoms. The smallest absolute Gasteiger partial charge is 0.373 e. The van der Waals surface area contributed by atoms with E-state index in [0.717, 1.165) is 18.2 Å². The molecule has 7 nitrogen and oxygen atoms in total. The number of nitrogens with zero attached hydrogens (tertiary/aromatic N) is 1. The Bertz CT molecular complexity index is 758. The summed E-state index contributed by atoms with van der Waals surface area (Å²) in [4.78, 5) is 28.6. The standard InChI is InChI=1S/C16H14F2N2O5/c1-23-16(22)14-5-11(7-24-14)19-15(21)13-6-12(20-25-13)8-2-9(17)4-10(18)3-8/h2-5,11,13H,6-7H2,1H3,(H,19,21). The number of nitrogens with one attached hydrogen (secondary N) is 1. The molecule has 0 aliphatic carbocycles. The molecule has 2 aliphatic rings. The van der Waals surface area contributed by atoms with Gasteiger partial charge >= 0.3 is 5.97 Å². The topological polar surface area (TPSA) is 86.2 Å². The number of esters is 1. The van der Waals surface area contributed by atoms with Crippen LogP contribution in [0, 0.1) is 11.6 Å². The normalized spacial score (nSPS) is 21.7. The first kappa shape index (κ1) is 16.9. The molecule has 3 rings (SSSR count). The fraction of sp³-hybridized carbons (Fsp3) is 0.312. The largest absolute Gasteiger partial charge is 0.484 e. The molecule has 1 aromatic carbocycles. The summed E-state index contributed by atoms with van der Waals surface area (Å²) in [5, 5.41) is 6.35. The minimum atomic E-state index is -0.933. The van der Waals surface area contributed by atoms with E-state index in [0.29, 0.717) is 0 Å². The summed E-state index contributed by atoms with van der Waals surface area (Å²) in [5.41, 5.74) is 0.483. The predicted octanol–water partition coefficient (Wildman–Crippen LogP) is 1.03. The monoisotopic (exact) mass is 352 g/mol. The first-order chi connectivity index (χ1) is 12.0. The van der Waals surface area contributed by atoms with Gasteiger partial charge in [-0.25, -0.2) is 13.6 Å². The summed E-state index contributed by atoms with van der Waals surface area (Å²) in [5.74, 6) is -2.57. The molecule has 1 aromatic rings. The number of oxime groups is 1. The van der Waals surface area contributed by atoms with E-state index in [1.807, 2.05) is 0 Å². The molecule has 2 aliphatic heterocycles. The fourth-order valence-corrected chi connectivity index (χ4v) is 2.45. The van der Waals surface area contributed by atoms with E-state index in [2.05, 4.69) is 15.2 Å². The molecule has 0 bridgehead atoms. The van der Waals surface area contributed by atoms with Gasteiger partial charge in [-0.15, -0.1) is 0 Å². The molecule has 0 fully saturated rings. The predicted molar refractivity (Wildman–Crippen MR) is 80.4 cm³/mol. The number of benzene rings is 1. The van der Waals surface area contributed by atoms with Crippen LogP contribution in [0.4, 0.5) is 8.78 Å². The Hall–Kier alpha value is -2.97. The highest BCUT2D eigenvalue weighted by Crippen LogP contribution is 2.19. The molecular weight excluding hydrogens is 338 g/mol. The first-order valence-corrected chi connectivity index (χ1v) is 7.38. The van der Waals surface area contributed by atoms with Crippen LogP contribution in [0.25, 0.3) is 0 Å². The molecule has 1 N–H and O–H groups in total. The van der Waals surface area contributed by atoms with E-state index in [-0.39, 0.29) is 30.1 Å². The maximum atomic E-state index is 13.3. The van der Waals surface area contributed by atoms with Crippen LogP contribution in [0.3, 0.4) is 0 Å².